The zero-order valence-corrected chi connectivity index (χ0v) is 10.9. The molecule has 0 amide bonds. The molecule has 0 unspecified atom stereocenters. The smallest absolute Gasteiger partial charge is 0.126 e. The van der Waals surface area contributed by atoms with E-state index in [1.807, 2.05) is 6.92 Å². The van der Waals surface area contributed by atoms with Gasteiger partial charge in [-0.05, 0) is 31.5 Å². The molecule has 0 bridgehead atoms. The van der Waals surface area contributed by atoms with Gasteiger partial charge < -0.3 is 15.2 Å². The van der Waals surface area contributed by atoms with Crippen molar-refractivity contribution in [1.82, 2.24) is 0 Å². The van der Waals surface area contributed by atoms with Gasteiger partial charge in [-0.1, -0.05) is 0 Å². The molecule has 0 aliphatic carbocycles. The molecule has 0 radical (unpaired) electrons. The molecule has 1 atom stereocenters. The van der Waals surface area contributed by atoms with Crippen molar-refractivity contribution in [2.24, 2.45) is 5.73 Å². The molecule has 1 fully saturated rings. The summed E-state index contributed by atoms with van der Waals surface area (Å²) in [5, 5.41) is 0. The summed E-state index contributed by atoms with van der Waals surface area (Å²) in [5.74, 6) is 0.470. The summed E-state index contributed by atoms with van der Waals surface area (Å²) in [4.78, 5) is 0. The molecule has 1 aliphatic rings. The van der Waals surface area contributed by atoms with Crippen molar-refractivity contribution in [2.75, 3.05) is 13.2 Å². The average molecular weight is 253 g/mol. The third-order valence-electron chi connectivity index (χ3n) is 3.24. The monoisotopic (exact) mass is 253 g/mol. The Labute approximate surface area is 107 Å². The van der Waals surface area contributed by atoms with Crippen molar-refractivity contribution >= 4 is 0 Å². The highest BCUT2D eigenvalue weighted by Crippen LogP contribution is 2.29. The van der Waals surface area contributed by atoms with Gasteiger partial charge in [-0.15, -0.1) is 0 Å². The maximum atomic E-state index is 13.6. The molecule has 0 spiro atoms. The van der Waals surface area contributed by atoms with Crippen LogP contribution in [0.1, 0.15) is 36.9 Å². The minimum absolute atomic E-state index is 0.140. The van der Waals surface area contributed by atoms with Crippen LogP contribution in [0.4, 0.5) is 4.39 Å². The molecular weight excluding hydrogens is 233 g/mol. The summed E-state index contributed by atoms with van der Waals surface area (Å²) < 4.78 is 24.8. The van der Waals surface area contributed by atoms with Crippen LogP contribution in [0.3, 0.4) is 0 Å². The number of halogens is 1. The molecule has 18 heavy (non-hydrogen) atoms. The van der Waals surface area contributed by atoms with Gasteiger partial charge >= 0.3 is 0 Å². The Morgan fingerprint density at radius 3 is 2.67 bits per heavy atom. The molecule has 3 nitrogen and oxygen atoms in total. The lowest BCUT2D eigenvalue weighted by molar-refractivity contribution is 0.0250. The van der Waals surface area contributed by atoms with Crippen LogP contribution in [0.25, 0.3) is 0 Å². The van der Waals surface area contributed by atoms with Crippen molar-refractivity contribution in [2.45, 2.75) is 38.8 Å². The zero-order chi connectivity index (χ0) is 13.1. The van der Waals surface area contributed by atoms with E-state index in [1.54, 1.807) is 13.0 Å². The predicted molar refractivity (Wildman–Crippen MR) is 68.2 cm³/mol. The maximum Gasteiger partial charge on any atom is 0.126 e. The third-order valence-corrected chi connectivity index (χ3v) is 3.24. The molecule has 4 heteroatoms. The summed E-state index contributed by atoms with van der Waals surface area (Å²) >= 11 is 0. The fourth-order valence-corrected chi connectivity index (χ4v) is 2.10. The Hall–Kier alpha value is -1.13. The SMILES string of the molecule is Cc1cc(OC2CCOCC2)c([C@@H](C)N)cc1F. The van der Waals surface area contributed by atoms with Crippen molar-refractivity contribution in [3.05, 3.63) is 29.1 Å². The van der Waals surface area contributed by atoms with Crippen LogP contribution in [-0.2, 0) is 4.74 Å². The summed E-state index contributed by atoms with van der Waals surface area (Å²) in [6.07, 6.45) is 1.88. The van der Waals surface area contributed by atoms with Gasteiger partial charge in [0.05, 0.1) is 13.2 Å². The molecule has 1 aromatic carbocycles. The highest BCUT2D eigenvalue weighted by atomic mass is 19.1. The summed E-state index contributed by atoms with van der Waals surface area (Å²) in [6, 6.07) is 2.98. The topological polar surface area (TPSA) is 44.5 Å². The Kier molecular flexibility index (Phi) is 4.19. The summed E-state index contributed by atoms with van der Waals surface area (Å²) in [5.41, 5.74) is 7.18. The van der Waals surface area contributed by atoms with Crippen LogP contribution in [-0.4, -0.2) is 19.3 Å². The van der Waals surface area contributed by atoms with E-state index in [4.69, 9.17) is 15.2 Å². The highest BCUT2D eigenvalue weighted by Gasteiger charge is 2.19. The maximum absolute atomic E-state index is 13.6. The fraction of sp³-hybridized carbons (Fsp3) is 0.571. The van der Waals surface area contributed by atoms with Gasteiger partial charge in [0.2, 0.25) is 0 Å². The number of hydrogen-bond acceptors (Lipinski definition) is 3. The van der Waals surface area contributed by atoms with Crippen LogP contribution in [0.2, 0.25) is 0 Å². The second-order valence-corrected chi connectivity index (χ2v) is 4.86. The molecule has 1 saturated heterocycles. The van der Waals surface area contributed by atoms with Gasteiger partial charge in [0.1, 0.15) is 17.7 Å². The van der Waals surface area contributed by atoms with Crippen molar-refractivity contribution in [1.29, 1.82) is 0 Å². The number of aryl methyl sites for hydroxylation is 1. The van der Waals surface area contributed by atoms with Crippen LogP contribution in [0, 0.1) is 12.7 Å². The van der Waals surface area contributed by atoms with Crippen molar-refractivity contribution in [3.63, 3.8) is 0 Å². The van der Waals surface area contributed by atoms with Crippen molar-refractivity contribution < 1.29 is 13.9 Å². The van der Waals surface area contributed by atoms with Gasteiger partial charge in [-0.25, -0.2) is 4.39 Å². The summed E-state index contributed by atoms with van der Waals surface area (Å²) in [6.45, 7) is 5.01. The zero-order valence-electron chi connectivity index (χ0n) is 10.9. The van der Waals surface area contributed by atoms with E-state index in [0.717, 1.165) is 31.6 Å². The Balaban J connectivity index is 2.21. The average Bonchev–Trinajstić information content (AvgIpc) is 2.34. The minimum atomic E-state index is -0.241. The van der Waals surface area contributed by atoms with Crippen molar-refractivity contribution in [3.8, 4) is 5.75 Å². The van der Waals surface area contributed by atoms with Gasteiger partial charge in [0, 0.05) is 24.4 Å². The largest absolute Gasteiger partial charge is 0.490 e. The van der Waals surface area contributed by atoms with E-state index in [0.29, 0.717) is 11.3 Å². The number of ether oxygens (including phenoxy) is 2. The predicted octanol–water partition coefficient (Wildman–Crippen LogP) is 2.71. The molecule has 1 aromatic rings. The Morgan fingerprint density at radius 2 is 2.06 bits per heavy atom. The normalized spacial score (nSPS) is 18.7. The second-order valence-electron chi connectivity index (χ2n) is 4.86. The molecule has 2 N–H and O–H groups in total. The van der Waals surface area contributed by atoms with E-state index in [2.05, 4.69) is 0 Å². The lowest BCUT2D eigenvalue weighted by atomic mass is 10.0. The molecule has 0 saturated carbocycles. The highest BCUT2D eigenvalue weighted by molar-refractivity contribution is 5.40. The van der Waals surface area contributed by atoms with Crippen LogP contribution in [0.15, 0.2) is 12.1 Å². The first-order chi connectivity index (χ1) is 8.58. The Bertz CT molecular complexity index is 415. The van der Waals surface area contributed by atoms with E-state index in [-0.39, 0.29) is 18.0 Å². The molecule has 0 aromatic heterocycles. The first-order valence-corrected chi connectivity index (χ1v) is 6.38. The number of benzene rings is 1. The van der Waals surface area contributed by atoms with Gasteiger partial charge in [-0.3, -0.25) is 0 Å². The molecule has 100 valence electrons. The van der Waals surface area contributed by atoms with E-state index in [1.165, 1.54) is 6.07 Å². The van der Waals surface area contributed by atoms with E-state index >= 15 is 0 Å². The van der Waals surface area contributed by atoms with Gasteiger partial charge in [-0.2, -0.15) is 0 Å². The molecule has 1 heterocycles. The van der Waals surface area contributed by atoms with E-state index in [9.17, 15) is 4.39 Å². The lowest BCUT2D eigenvalue weighted by Crippen LogP contribution is -2.26. The Morgan fingerprint density at radius 1 is 1.39 bits per heavy atom. The quantitative estimate of drug-likeness (QED) is 0.900. The lowest BCUT2D eigenvalue weighted by Gasteiger charge is -2.25. The minimum Gasteiger partial charge on any atom is -0.490 e. The summed E-state index contributed by atoms with van der Waals surface area (Å²) in [7, 11) is 0. The first kappa shape index (κ1) is 13.3. The van der Waals surface area contributed by atoms with Crippen LogP contribution in [0.5, 0.6) is 5.75 Å². The number of hydrogen-bond donors (Lipinski definition) is 1. The molecular formula is C14H20FNO2. The number of nitrogens with two attached hydrogens (primary N) is 1. The second kappa shape index (κ2) is 5.67. The first-order valence-electron chi connectivity index (χ1n) is 6.38. The van der Waals surface area contributed by atoms with Crippen LogP contribution < -0.4 is 10.5 Å². The van der Waals surface area contributed by atoms with Crippen LogP contribution >= 0.6 is 0 Å². The number of rotatable bonds is 3. The van der Waals surface area contributed by atoms with Gasteiger partial charge in [0.25, 0.3) is 0 Å². The molecule has 2 rings (SSSR count). The van der Waals surface area contributed by atoms with Gasteiger partial charge in [0.15, 0.2) is 0 Å². The van der Waals surface area contributed by atoms with E-state index < -0.39 is 0 Å². The standard InChI is InChI=1S/C14H20FNO2/c1-9-7-14(12(10(2)16)8-13(9)15)18-11-3-5-17-6-4-11/h7-8,10-11H,3-6,16H2,1-2H3/t10-/m1/s1. The third kappa shape index (κ3) is 3.00. The fourth-order valence-electron chi connectivity index (χ4n) is 2.10. The molecule has 1 aliphatic heterocycles.